The minimum Gasteiger partial charge on any atom is -0.501 e. The van der Waals surface area contributed by atoms with Crippen LogP contribution in [0, 0.1) is 0 Å². The SMILES string of the molecule is CCOC1(CCOC=C(C)C)CCC1. The molecule has 0 bridgehead atoms. The molecule has 0 unspecified atom stereocenters. The van der Waals surface area contributed by atoms with E-state index in [-0.39, 0.29) is 5.60 Å². The van der Waals surface area contributed by atoms with E-state index in [0.29, 0.717) is 0 Å². The normalized spacial score (nSPS) is 18.5. The molecule has 1 rings (SSSR count). The third kappa shape index (κ3) is 3.33. The molecule has 82 valence electrons. The van der Waals surface area contributed by atoms with Crippen LogP contribution in [0.4, 0.5) is 0 Å². The molecule has 14 heavy (non-hydrogen) atoms. The lowest BCUT2D eigenvalue weighted by Crippen LogP contribution is -2.41. The molecule has 0 N–H and O–H groups in total. The summed E-state index contributed by atoms with van der Waals surface area (Å²) in [6.45, 7) is 7.76. The Morgan fingerprint density at radius 3 is 2.50 bits per heavy atom. The molecule has 0 spiro atoms. The van der Waals surface area contributed by atoms with E-state index in [1.165, 1.54) is 24.8 Å². The van der Waals surface area contributed by atoms with Gasteiger partial charge in [-0.05, 0) is 45.6 Å². The van der Waals surface area contributed by atoms with Crippen molar-refractivity contribution in [2.24, 2.45) is 0 Å². The van der Waals surface area contributed by atoms with Crippen LogP contribution in [0.3, 0.4) is 0 Å². The Bertz CT molecular complexity index is 188. The fraction of sp³-hybridized carbons (Fsp3) is 0.833. The molecule has 0 aromatic carbocycles. The number of allylic oxidation sites excluding steroid dienone is 1. The summed E-state index contributed by atoms with van der Waals surface area (Å²) < 4.78 is 11.2. The van der Waals surface area contributed by atoms with Crippen LogP contribution >= 0.6 is 0 Å². The summed E-state index contributed by atoms with van der Waals surface area (Å²) in [5.74, 6) is 0. The number of hydrogen-bond donors (Lipinski definition) is 0. The van der Waals surface area contributed by atoms with Crippen molar-refractivity contribution in [3.05, 3.63) is 11.8 Å². The highest BCUT2D eigenvalue weighted by Gasteiger charge is 2.37. The Hall–Kier alpha value is -0.500. The summed E-state index contributed by atoms with van der Waals surface area (Å²) >= 11 is 0. The molecule has 0 aliphatic heterocycles. The lowest BCUT2D eigenvalue weighted by molar-refractivity contribution is -0.107. The van der Waals surface area contributed by atoms with E-state index in [1.807, 2.05) is 20.1 Å². The fourth-order valence-electron chi connectivity index (χ4n) is 1.81. The third-order valence-corrected chi connectivity index (χ3v) is 2.71. The van der Waals surface area contributed by atoms with Crippen LogP contribution in [-0.2, 0) is 9.47 Å². The maximum atomic E-state index is 5.77. The van der Waals surface area contributed by atoms with E-state index in [0.717, 1.165) is 19.6 Å². The van der Waals surface area contributed by atoms with Crippen molar-refractivity contribution in [1.82, 2.24) is 0 Å². The second kappa shape index (κ2) is 5.40. The minimum atomic E-state index is 0.157. The molecule has 1 saturated carbocycles. The monoisotopic (exact) mass is 198 g/mol. The van der Waals surface area contributed by atoms with Gasteiger partial charge >= 0.3 is 0 Å². The Labute approximate surface area is 87.3 Å². The van der Waals surface area contributed by atoms with E-state index >= 15 is 0 Å². The van der Waals surface area contributed by atoms with Crippen molar-refractivity contribution < 1.29 is 9.47 Å². The largest absolute Gasteiger partial charge is 0.501 e. The quantitative estimate of drug-likeness (QED) is 0.481. The average Bonchev–Trinajstić information content (AvgIpc) is 2.07. The lowest BCUT2D eigenvalue weighted by Gasteiger charge is -2.41. The number of rotatable bonds is 6. The molecule has 0 radical (unpaired) electrons. The molecule has 1 aliphatic rings. The second-order valence-corrected chi connectivity index (χ2v) is 4.29. The fourth-order valence-corrected chi connectivity index (χ4v) is 1.81. The van der Waals surface area contributed by atoms with E-state index in [4.69, 9.17) is 9.47 Å². The van der Waals surface area contributed by atoms with Gasteiger partial charge in [0.05, 0.1) is 18.5 Å². The first kappa shape index (κ1) is 11.6. The van der Waals surface area contributed by atoms with E-state index < -0.39 is 0 Å². The highest BCUT2D eigenvalue weighted by Crippen LogP contribution is 2.38. The molecule has 2 heteroatoms. The van der Waals surface area contributed by atoms with Gasteiger partial charge in [-0.25, -0.2) is 0 Å². The summed E-state index contributed by atoms with van der Waals surface area (Å²) in [6.07, 6.45) is 6.59. The molecule has 0 saturated heterocycles. The molecule has 1 aliphatic carbocycles. The van der Waals surface area contributed by atoms with Gasteiger partial charge in [0.25, 0.3) is 0 Å². The van der Waals surface area contributed by atoms with Crippen LogP contribution in [-0.4, -0.2) is 18.8 Å². The smallest absolute Gasteiger partial charge is 0.0900 e. The van der Waals surface area contributed by atoms with E-state index in [2.05, 4.69) is 6.92 Å². The Morgan fingerprint density at radius 1 is 1.36 bits per heavy atom. The first-order chi connectivity index (χ1) is 6.68. The molecular weight excluding hydrogens is 176 g/mol. The van der Waals surface area contributed by atoms with Gasteiger partial charge in [0.1, 0.15) is 0 Å². The molecule has 2 nitrogen and oxygen atoms in total. The van der Waals surface area contributed by atoms with Crippen molar-refractivity contribution >= 4 is 0 Å². The van der Waals surface area contributed by atoms with Crippen LogP contribution in [0.25, 0.3) is 0 Å². The maximum absolute atomic E-state index is 5.77. The predicted molar refractivity (Wildman–Crippen MR) is 58.2 cm³/mol. The summed E-state index contributed by atoms with van der Waals surface area (Å²) in [6, 6.07) is 0. The van der Waals surface area contributed by atoms with Crippen LogP contribution < -0.4 is 0 Å². The zero-order valence-corrected chi connectivity index (χ0v) is 9.64. The second-order valence-electron chi connectivity index (χ2n) is 4.29. The molecule has 0 atom stereocenters. The number of ether oxygens (including phenoxy) is 2. The van der Waals surface area contributed by atoms with Crippen molar-refractivity contribution in [1.29, 1.82) is 0 Å². The summed E-state index contributed by atoms with van der Waals surface area (Å²) in [4.78, 5) is 0. The zero-order chi connectivity index (χ0) is 10.4. The van der Waals surface area contributed by atoms with E-state index in [1.54, 1.807) is 0 Å². The Morgan fingerprint density at radius 2 is 2.07 bits per heavy atom. The highest BCUT2D eigenvalue weighted by atomic mass is 16.5. The minimum absolute atomic E-state index is 0.157. The van der Waals surface area contributed by atoms with Gasteiger partial charge in [0.2, 0.25) is 0 Å². The lowest BCUT2D eigenvalue weighted by atomic mass is 9.78. The van der Waals surface area contributed by atoms with Crippen LogP contribution in [0.1, 0.15) is 46.5 Å². The zero-order valence-electron chi connectivity index (χ0n) is 9.64. The molecule has 0 aromatic heterocycles. The van der Waals surface area contributed by atoms with Gasteiger partial charge in [-0.2, -0.15) is 0 Å². The first-order valence-electron chi connectivity index (χ1n) is 5.57. The van der Waals surface area contributed by atoms with E-state index in [9.17, 15) is 0 Å². The summed E-state index contributed by atoms with van der Waals surface area (Å²) in [7, 11) is 0. The van der Waals surface area contributed by atoms with Gasteiger partial charge in [-0.3, -0.25) is 0 Å². The van der Waals surface area contributed by atoms with Crippen molar-refractivity contribution in [3.63, 3.8) is 0 Å². The average molecular weight is 198 g/mol. The molecule has 0 amide bonds. The molecule has 0 aromatic rings. The van der Waals surface area contributed by atoms with Gasteiger partial charge in [0.15, 0.2) is 0 Å². The Kier molecular flexibility index (Phi) is 4.46. The third-order valence-electron chi connectivity index (χ3n) is 2.71. The van der Waals surface area contributed by atoms with Crippen molar-refractivity contribution in [2.75, 3.05) is 13.2 Å². The van der Waals surface area contributed by atoms with Gasteiger partial charge in [0, 0.05) is 13.0 Å². The van der Waals surface area contributed by atoms with Gasteiger partial charge < -0.3 is 9.47 Å². The summed E-state index contributed by atoms with van der Waals surface area (Å²) in [5, 5.41) is 0. The van der Waals surface area contributed by atoms with Crippen molar-refractivity contribution in [2.45, 2.75) is 52.1 Å². The number of hydrogen-bond acceptors (Lipinski definition) is 2. The predicted octanol–water partition coefficient (Wildman–Crippen LogP) is 3.28. The molecule has 0 heterocycles. The molecular formula is C12H22O2. The van der Waals surface area contributed by atoms with Crippen LogP contribution in [0.2, 0.25) is 0 Å². The molecule has 1 fully saturated rings. The topological polar surface area (TPSA) is 18.5 Å². The van der Waals surface area contributed by atoms with Gasteiger partial charge in [-0.1, -0.05) is 0 Å². The first-order valence-corrected chi connectivity index (χ1v) is 5.57. The van der Waals surface area contributed by atoms with Crippen molar-refractivity contribution in [3.8, 4) is 0 Å². The maximum Gasteiger partial charge on any atom is 0.0900 e. The van der Waals surface area contributed by atoms with Crippen LogP contribution in [0.5, 0.6) is 0 Å². The Balaban J connectivity index is 2.18. The summed E-state index contributed by atoms with van der Waals surface area (Å²) in [5.41, 5.74) is 1.37. The van der Waals surface area contributed by atoms with Crippen LogP contribution in [0.15, 0.2) is 11.8 Å². The van der Waals surface area contributed by atoms with Gasteiger partial charge in [-0.15, -0.1) is 0 Å². The highest BCUT2D eigenvalue weighted by molar-refractivity contribution is 4.90. The standard InChI is InChI=1S/C12H22O2/c1-4-14-12(6-5-7-12)8-9-13-10-11(2)3/h10H,4-9H2,1-3H3.